The van der Waals surface area contributed by atoms with Crippen molar-refractivity contribution in [1.29, 1.82) is 0 Å². The molecule has 0 aliphatic heterocycles. The highest BCUT2D eigenvalue weighted by molar-refractivity contribution is 5.97. The van der Waals surface area contributed by atoms with Gasteiger partial charge in [0.1, 0.15) is 18.2 Å². The van der Waals surface area contributed by atoms with Crippen molar-refractivity contribution < 1.29 is 23.9 Å². The molecule has 0 unspecified atom stereocenters. The Hall–Kier alpha value is -5.03. The maximum Gasteiger partial charge on any atom is 0.407 e. The fourth-order valence-electron chi connectivity index (χ4n) is 6.59. The lowest BCUT2D eigenvalue weighted by Gasteiger charge is -2.29. The number of alkyl carbamates (subject to hydrolysis) is 1. The van der Waals surface area contributed by atoms with E-state index in [0.717, 1.165) is 35.1 Å². The van der Waals surface area contributed by atoms with Gasteiger partial charge in [0.2, 0.25) is 11.8 Å². The molecule has 5 rings (SSSR count). The molecule has 11 nitrogen and oxygen atoms in total. The minimum atomic E-state index is -0.807. The molecule has 276 valence electrons. The molecule has 4 N–H and O–H groups in total. The SMILES string of the molecule is COCc1nc(-c2ccc(NC(=O)[C@H](Cc3cccc(-c4ccccc4C(C)C)c3)NC(=O)C3CCC(CNC(=O)OC(C)(C)C)CC3)cc2)n[nH]1. The molecule has 4 aromatic rings. The number of anilines is 1. The number of aromatic nitrogens is 3. The van der Waals surface area contributed by atoms with Crippen LogP contribution in [0.5, 0.6) is 0 Å². The van der Waals surface area contributed by atoms with E-state index in [-0.39, 0.29) is 23.7 Å². The van der Waals surface area contributed by atoms with Gasteiger partial charge in [0, 0.05) is 37.2 Å². The third kappa shape index (κ3) is 10.7. The van der Waals surface area contributed by atoms with E-state index >= 15 is 0 Å². The van der Waals surface area contributed by atoms with Gasteiger partial charge in [-0.2, -0.15) is 5.10 Å². The molecule has 1 atom stereocenters. The topological polar surface area (TPSA) is 147 Å². The molecule has 11 heteroatoms. The standard InChI is InChI=1S/C41H52N6O5/c1-26(2)33-12-7-8-13-34(33)31-11-9-10-28(22-31)23-35(39(49)43-32-20-18-29(19-21-32)37-45-36(25-51-6)46-47-37)44-38(48)30-16-14-27(15-17-30)24-42-40(50)52-41(3,4)5/h7-13,18-22,26-27,30,35H,14-17,23-25H2,1-6H3,(H,42,50)(H,43,49)(H,44,48)(H,45,46,47)/t27?,30?,35-/m0/s1. The molecule has 1 aromatic heterocycles. The highest BCUT2D eigenvalue weighted by atomic mass is 16.6. The minimum absolute atomic E-state index is 0.133. The zero-order valence-electron chi connectivity index (χ0n) is 31.1. The lowest BCUT2D eigenvalue weighted by atomic mass is 9.81. The molecule has 52 heavy (non-hydrogen) atoms. The zero-order valence-corrected chi connectivity index (χ0v) is 31.1. The molecular formula is C41H52N6O5. The molecule has 0 saturated heterocycles. The average molecular weight is 709 g/mol. The van der Waals surface area contributed by atoms with E-state index in [1.807, 2.05) is 51.1 Å². The summed E-state index contributed by atoms with van der Waals surface area (Å²) in [6.45, 7) is 10.7. The molecule has 0 bridgehead atoms. The minimum Gasteiger partial charge on any atom is -0.444 e. The first-order valence-electron chi connectivity index (χ1n) is 18.2. The highest BCUT2D eigenvalue weighted by Gasteiger charge is 2.30. The fraction of sp³-hybridized carbons (Fsp3) is 0.439. The van der Waals surface area contributed by atoms with Crippen LogP contribution in [0.2, 0.25) is 0 Å². The number of rotatable bonds is 13. The van der Waals surface area contributed by atoms with E-state index in [0.29, 0.717) is 55.7 Å². The second-order valence-corrected chi connectivity index (χ2v) is 14.9. The van der Waals surface area contributed by atoms with E-state index in [1.54, 1.807) is 19.2 Å². The monoisotopic (exact) mass is 708 g/mol. The first-order valence-corrected chi connectivity index (χ1v) is 18.2. The van der Waals surface area contributed by atoms with Crippen LogP contribution in [0.4, 0.5) is 10.5 Å². The third-order valence-electron chi connectivity index (χ3n) is 9.27. The second-order valence-electron chi connectivity index (χ2n) is 14.9. The van der Waals surface area contributed by atoms with Crippen LogP contribution >= 0.6 is 0 Å². The number of ether oxygens (including phenoxy) is 2. The quantitative estimate of drug-likeness (QED) is 0.113. The second kappa shape index (κ2) is 17.5. The first-order chi connectivity index (χ1) is 24.9. The van der Waals surface area contributed by atoms with E-state index < -0.39 is 17.7 Å². The third-order valence-corrected chi connectivity index (χ3v) is 9.27. The van der Waals surface area contributed by atoms with Gasteiger partial charge < -0.3 is 25.4 Å². The van der Waals surface area contributed by atoms with Crippen molar-refractivity contribution in [3.05, 3.63) is 89.7 Å². The number of carbonyl (C=O) groups excluding carboxylic acids is 3. The molecular weight excluding hydrogens is 656 g/mol. The molecule has 1 saturated carbocycles. The number of H-pyrrole nitrogens is 1. The van der Waals surface area contributed by atoms with Crippen molar-refractivity contribution in [2.24, 2.45) is 11.8 Å². The van der Waals surface area contributed by atoms with Gasteiger partial charge >= 0.3 is 6.09 Å². The number of amides is 3. The first kappa shape index (κ1) is 38.2. The summed E-state index contributed by atoms with van der Waals surface area (Å²) in [5.41, 5.74) is 5.25. The molecule has 3 amide bonds. The summed E-state index contributed by atoms with van der Waals surface area (Å²) in [6.07, 6.45) is 2.84. The normalized spacial score (nSPS) is 16.6. The number of hydrogen-bond acceptors (Lipinski definition) is 7. The van der Waals surface area contributed by atoms with E-state index in [9.17, 15) is 14.4 Å². The summed E-state index contributed by atoms with van der Waals surface area (Å²) >= 11 is 0. The van der Waals surface area contributed by atoms with Gasteiger partial charge in [-0.25, -0.2) is 9.78 Å². The number of methoxy groups -OCH3 is 1. The Morgan fingerprint density at radius 1 is 0.923 bits per heavy atom. The number of carbonyl (C=O) groups is 3. The number of hydrogen-bond donors (Lipinski definition) is 4. The molecule has 0 radical (unpaired) electrons. The zero-order chi connectivity index (χ0) is 37.3. The van der Waals surface area contributed by atoms with Crippen LogP contribution < -0.4 is 16.0 Å². The van der Waals surface area contributed by atoms with Gasteiger partial charge in [-0.05, 0) is 105 Å². The van der Waals surface area contributed by atoms with E-state index in [4.69, 9.17) is 9.47 Å². The number of aromatic amines is 1. The predicted molar refractivity (Wildman–Crippen MR) is 202 cm³/mol. The van der Waals surface area contributed by atoms with Gasteiger partial charge in [-0.3, -0.25) is 14.7 Å². The van der Waals surface area contributed by atoms with E-state index in [1.165, 1.54) is 5.56 Å². The van der Waals surface area contributed by atoms with Crippen LogP contribution in [0.15, 0.2) is 72.8 Å². The van der Waals surface area contributed by atoms with Gasteiger partial charge in [-0.1, -0.05) is 62.4 Å². The van der Waals surface area contributed by atoms with Crippen molar-refractivity contribution >= 4 is 23.6 Å². The van der Waals surface area contributed by atoms with Crippen LogP contribution in [-0.2, 0) is 32.1 Å². The molecule has 3 aromatic carbocycles. The average Bonchev–Trinajstić information content (AvgIpc) is 3.59. The van der Waals surface area contributed by atoms with Crippen LogP contribution in [0, 0.1) is 11.8 Å². The lowest BCUT2D eigenvalue weighted by molar-refractivity contribution is -0.130. The summed E-state index contributed by atoms with van der Waals surface area (Å²) < 4.78 is 10.5. The molecule has 1 aliphatic rings. The largest absolute Gasteiger partial charge is 0.444 e. The van der Waals surface area contributed by atoms with Crippen LogP contribution in [0.3, 0.4) is 0 Å². The maximum absolute atomic E-state index is 13.9. The Kier molecular flexibility index (Phi) is 12.8. The Balaban J connectivity index is 1.28. The van der Waals surface area contributed by atoms with Gasteiger partial charge in [-0.15, -0.1) is 0 Å². The summed E-state index contributed by atoms with van der Waals surface area (Å²) in [7, 11) is 1.59. The Labute approximate surface area is 306 Å². The summed E-state index contributed by atoms with van der Waals surface area (Å²) in [5, 5.41) is 16.1. The Bertz CT molecular complexity index is 1800. The summed E-state index contributed by atoms with van der Waals surface area (Å²) in [5.74, 6) is 1.11. The lowest BCUT2D eigenvalue weighted by Crippen LogP contribution is -2.48. The number of nitrogens with one attached hydrogen (secondary N) is 4. The number of nitrogens with zero attached hydrogens (tertiary/aromatic N) is 2. The van der Waals surface area contributed by atoms with Crippen LogP contribution in [0.25, 0.3) is 22.5 Å². The molecule has 1 heterocycles. The smallest absolute Gasteiger partial charge is 0.407 e. The van der Waals surface area contributed by atoms with Crippen LogP contribution in [0.1, 0.15) is 83.2 Å². The Morgan fingerprint density at radius 2 is 1.65 bits per heavy atom. The molecule has 1 aliphatic carbocycles. The van der Waals surface area contributed by atoms with Gasteiger partial charge in [0.05, 0.1) is 0 Å². The van der Waals surface area contributed by atoms with Gasteiger partial charge in [0.25, 0.3) is 0 Å². The van der Waals surface area contributed by atoms with Crippen molar-refractivity contribution in [3.8, 4) is 22.5 Å². The summed E-state index contributed by atoms with van der Waals surface area (Å²) in [6, 6.07) is 23.1. The van der Waals surface area contributed by atoms with Crippen molar-refractivity contribution in [3.63, 3.8) is 0 Å². The number of benzene rings is 3. The van der Waals surface area contributed by atoms with Gasteiger partial charge in [0.15, 0.2) is 11.6 Å². The fourth-order valence-corrected chi connectivity index (χ4v) is 6.59. The van der Waals surface area contributed by atoms with Crippen molar-refractivity contribution in [1.82, 2.24) is 25.8 Å². The van der Waals surface area contributed by atoms with Crippen molar-refractivity contribution in [2.45, 2.75) is 90.9 Å². The van der Waals surface area contributed by atoms with E-state index in [2.05, 4.69) is 75.3 Å². The van der Waals surface area contributed by atoms with Crippen LogP contribution in [-0.4, -0.2) is 58.4 Å². The molecule has 1 fully saturated rings. The van der Waals surface area contributed by atoms with Crippen molar-refractivity contribution in [2.75, 3.05) is 19.0 Å². The maximum atomic E-state index is 13.9. The molecule has 0 spiro atoms. The predicted octanol–water partition coefficient (Wildman–Crippen LogP) is 7.41. The highest BCUT2D eigenvalue weighted by Crippen LogP contribution is 2.31. The Morgan fingerprint density at radius 3 is 2.35 bits per heavy atom. The summed E-state index contributed by atoms with van der Waals surface area (Å²) in [4.78, 5) is 44.3.